The Morgan fingerprint density at radius 3 is 1.23 bits per heavy atom. The van der Waals surface area contributed by atoms with Gasteiger partial charge in [0.1, 0.15) is 13.2 Å². The molecule has 0 spiro atoms. The topological polar surface area (TPSA) is 129 Å². The Balaban J connectivity index is 0.934. The fourth-order valence-corrected chi connectivity index (χ4v) is 7.22. The Hall–Kier alpha value is -3.10. The van der Waals surface area contributed by atoms with E-state index in [0.29, 0.717) is 105 Å². The molecule has 0 heterocycles. The van der Waals surface area contributed by atoms with E-state index in [4.69, 9.17) is 42.6 Å². The minimum absolute atomic E-state index is 0.0358. The van der Waals surface area contributed by atoms with Gasteiger partial charge in [-0.2, -0.15) is 0 Å². The number of ether oxygens (including phenoxy) is 9. The lowest BCUT2D eigenvalue weighted by Crippen LogP contribution is -2.29. The predicted molar refractivity (Wildman–Crippen MR) is 239 cm³/mol. The summed E-state index contributed by atoms with van der Waals surface area (Å²) < 4.78 is 49.4. The summed E-state index contributed by atoms with van der Waals surface area (Å²) in [6.45, 7) is 9.52. The second kappa shape index (κ2) is 37.5. The predicted octanol–water partition coefficient (Wildman–Crippen LogP) is 9.45. The molecule has 2 aromatic carbocycles. The molecule has 1 amide bonds. The van der Waals surface area contributed by atoms with E-state index >= 15 is 0 Å². The molecule has 346 valence electrons. The first-order valence-electron chi connectivity index (χ1n) is 23.5. The minimum Gasteiger partial charge on any atom is -0.463 e. The van der Waals surface area contributed by atoms with Gasteiger partial charge in [-0.1, -0.05) is 145 Å². The second-order valence-electron chi connectivity index (χ2n) is 15.5. The fourth-order valence-electron chi connectivity index (χ4n) is 7.22. The quantitative estimate of drug-likeness (QED) is 0.0507. The van der Waals surface area contributed by atoms with E-state index in [1.54, 1.807) is 0 Å². The van der Waals surface area contributed by atoms with Crippen LogP contribution < -0.4 is 5.32 Å². The highest BCUT2D eigenvalue weighted by atomic mass is 16.6. The van der Waals surface area contributed by atoms with E-state index in [1.165, 1.54) is 106 Å². The van der Waals surface area contributed by atoms with E-state index in [2.05, 4.69) is 36.5 Å². The van der Waals surface area contributed by atoms with Crippen LogP contribution in [0.2, 0.25) is 0 Å². The number of nitrogens with one attached hydrogen (secondary N) is 1. The van der Waals surface area contributed by atoms with Crippen molar-refractivity contribution >= 4 is 12.1 Å². The van der Waals surface area contributed by atoms with Crippen molar-refractivity contribution in [2.75, 3.05) is 112 Å². The van der Waals surface area contributed by atoms with E-state index in [1.807, 2.05) is 24.3 Å². The summed E-state index contributed by atoms with van der Waals surface area (Å²) >= 11 is 0. The van der Waals surface area contributed by atoms with Crippen LogP contribution in [0.1, 0.15) is 127 Å². The molecule has 0 unspecified atom stereocenters. The maximum absolute atomic E-state index is 12.3. The van der Waals surface area contributed by atoms with Crippen LogP contribution in [0, 0.1) is 0 Å². The molecular weight excluding hydrogens is 779 g/mol. The lowest BCUT2D eigenvalue weighted by molar-refractivity contribution is -0.145. The van der Waals surface area contributed by atoms with Crippen LogP contribution in [0.25, 0.3) is 11.1 Å². The van der Waals surface area contributed by atoms with Gasteiger partial charge in [0.05, 0.1) is 92.5 Å². The molecule has 1 aliphatic carbocycles. The minimum atomic E-state index is -0.452. The van der Waals surface area contributed by atoms with Crippen LogP contribution in [0.15, 0.2) is 48.5 Å². The van der Waals surface area contributed by atoms with E-state index in [0.717, 1.165) is 12.8 Å². The Bertz CT molecular complexity index is 1320. The molecule has 2 aromatic rings. The van der Waals surface area contributed by atoms with Crippen molar-refractivity contribution in [3.8, 4) is 11.1 Å². The number of rotatable bonds is 42. The molecule has 61 heavy (non-hydrogen) atoms. The van der Waals surface area contributed by atoms with Crippen LogP contribution in [-0.4, -0.2) is 124 Å². The van der Waals surface area contributed by atoms with Gasteiger partial charge in [0, 0.05) is 18.9 Å². The zero-order valence-electron chi connectivity index (χ0n) is 37.5. The van der Waals surface area contributed by atoms with Crippen LogP contribution >= 0.6 is 0 Å². The average Bonchev–Trinajstić information content (AvgIpc) is 3.60. The maximum Gasteiger partial charge on any atom is 0.407 e. The molecule has 1 aliphatic rings. The molecule has 0 aromatic heterocycles. The third-order valence-corrected chi connectivity index (χ3v) is 10.6. The Morgan fingerprint density at radius 1 is 0.443 bits per heavy atom. The van der Waals surface area contributed by atoms with Crippen LogP contribution in [-0.2, 0) is 47.4 Å². The summed E-state index contributed by atoms with van der Waals surface area (Å²) in [5.41, 5.74) is 4.77. The van der Waals surface area contributed by atoms with Crippen molar-refractivity contribution in [3.05, 3.63) is 59.7 Å². The van der Waals surface area contributed by atoms with E-state index in [9.17, 15) is 9.59 Å². The van der Waals surface area contributed by atoms with Crippen molar-refractivity contribution in [3.63, 3.8) is 0 Å². The monoisotopic (exact) mass is 858 g/mol. The highest BCUT2D eigenvalue weighted by Gasteiger charge is 2.29. The van der Waals surface area contributed by atoms with Gasteiger partial charge in [-0.3, -0.25) is 4.79 Å². The number of amides is 1. The summed E-state index contributed by atoms with van der Waals surface area (Å²) in [5, 5.41) is 2.75. The van der Waals surface area contributed by atoms with Gasteiger partial charge in [0.15, 0.2) is 0 Å². The highest BCUT2D eigenvalue weighted by Crippen LogP contribution is 2.44. The van der Waals surface area contributed by atoms with E-state index < -0.39 is 6.09 Å². The Morgan fingerprint density at radius 2 is 0.803 bits per heavy atom. The van der Waals surface area contributed by atoms with Gasteiger partial charge in [0.2, 0.25) is 0 Å². The van der Waals surface area contributed by atoms with E-state index in [-0.39, 0.29) is 25.1 Å². The zero-order valence-corrected chi connectivity index (χ0v) is 37.5. The first-order chi connectivity index (χ1) is 30.2. The lowest BCUT2D eigenvalue weighted by atomic mass is 9.98. The van der Waals surface area contributed by atoms with Crippen molar-refractivity contribution in [2.24, 2.45) is 0 Å². The molecule has 0 aliphatic heterocycles. The van der Waals surface area contributed by atoms with Gasteiger partial charge in [-0.25, -0.2) is 4.79 Å². The molecule has 0 atom stereocenters. The first kappa shape index (κ1) is 52.2. The fraction of sp³-hybridized carbons (Fsp3) is 0.714. The number of benzene rings is 2. The molecule has 12 heteroatoms. The number of hydrogen-bond donors (Lipinski definition) is 1. The van der Waals surface area contributed by atoms with Crippen molar-refractivity contribution < 1.29 is 52.2 Å². The summed E-state index contributed by atoms with van der Waals surface area (Å²) in [6.07, 6.45) is 19.7. The number of carbonyl (C=O) groups excluding carboxylic acids is 2. The normalized spacial score (nSPS) is 12.1. The summed E-state index contributed by atoms with van der Waals surface area (Å²) in [5.74, 6) is -0.0989. The average molecular weight is 858 g/mol. The Labute approximate surface area is 367 Å². The van der Waals surface area contributed by atoms with Crippen LogP contribution in [0.3, 0.4) is 0 Å². The standard InChI is InChI=1S/C49H79NO11/c1-2-3-4-5-6-7-8-9-10-11-12-13-14-15-16-25-48(51)60-41-40-59-39-38-58-37-36-57-35-34-56-33-32-55-31-30-54-29-28-53-27-26-50-49(52)61-42-47-45-23-19-17-21-43(45)44-22-18-20-24-46(44)47/h17-24,47H,2-16,25-42H2,1H3,(H,50,52). The number of hydrogen-bond acceptors (Lipinski definition) is 11. The third kappa shape index (κ3) is 26.2. The maximum atomic E-state index is 12.3. The molecule has 12 nitrogen and oxygen atoms in total. The highest BCUT2D eigenvalue weighted by molar-refractivity contribution is 5.79. The second-order valence-corrected chi connectivity index (χ2v) is 15.5. The van der Waals surface area contributed by atoms with Gasteiger partial charge >= 0.3 is 12.1 Å². The molecule has 3 rings (SSSR count). The van der Waals surface area contributed by atoms with Crippen LogP contribution in [0.5, 0.6) is 0 Å². The third-order valence-electron chi connectivity index (χ3n) is 10.6. The smallest absolute Gasteiger partial charge is 0.407 e. The molecule has 0 saturated carbocycles. The summed E-state index contributed by atoms with van der Waals surface area (Å²) in [4.78, 5) is 24.2. The van der Waals surface area contributed by atoms with Gasteiger partial charge in [0.25, 0.3) is 0 Å². The number of carbonyl (C=O) groups is 2. The van der Waals surface area contributed by atoms with Crippen molar-refractivity contribution in [1.29, 1.82) is 0 Å². The number of fused-ring (bicyclic) bond motifs is 3. The van der Waals surface area contributed by atoms with Crippen molar-refractivity contribution in [1.82, 2.24) is 5.32 Å². The van der Waals surface area contributed by atoms with Crippen molar-refractivity contribution in [2.45, 2.75) is 116 Å². The molecule has 0 bridgehead atoms. The molecule has 0 saturated heterocycles. The molecule has 1 N–H and O–H groups in total. The molecule has 0 fully saturated rings. The number of esters is 1. The summed E-state index contributed by atoms with van der Waals surface area (Å²) in [7, 11) is 0. The zero-order chi connectivity index (χ0) is 43.1. The van der Waals surface area contributed by atoms with Gasteiger partial charge in [-0.15, -0.1) is 0 Å². The largest absolute Gasteiger partial charge is 0.463 e. The first-order valence-corrected chi connectivity index (χ1v) is 23.5. The SMILES string of the molecule is CCCCCCCCCCCCCCCCCC(=O)OCCOCCOCCOCCOCCOCCOCCOCCNC(=O)OCC1c2ccccc2-c2ccccc21. The Kier molecular flexibility index (Phi) is 32.1. The number of unbranched alkanes of at least 4 members (excludes halogenated alkanes) is 14. The molecule has 0 radical (unpaired) electrons. The van der Waals surface area contributed by atoms with Gasteiger partial charge < -0.3 is 47.9 Å². The van der Waals surface area contributed by atoms with Crippen LogP contribution in [0.4, 0.5) is 4.79 Å². The summed E-state index contributed by atoms with van der Waals surface area (Å²) in [6, 6.07) is 16.5. The van der Waals surface area contributed by atoms with Gasteiger partial charge in [-0.05, 0) is 28.7 Å². The lowest BCUT2D eigenvalue weighted by Gasteiger charge is -2.14. The molecular formula is C49H79NO11. The number of alkyl carbamates (subject to hydrolysis) is 1.